The smallest absolute Gasteiger partial charge is 0.227 e. The van der Waals surface area contributed by atoms with Crippen LogP contribution in [0.4, 0.5) is 5.69 Å². The first kappa shape index (κ1) is 18.9. The molecule has 0 aliphatic carbocycles. The van der Waals surface area contributed by atoms with Gasteiger partial charge < -0.3 is 20.7 Å². The summed E-state index contributed by atoms with van der Waals surface area (Å²) in [6.45, 7) is 2.83. The summed E-state index contributed by atoms with van der Waals surface area (Å²) in [6.07, 6.45) is 4.63. The minimum atomic E-state index is -0.119. The van der Waals surface area contributed by atoms with Crippen molar-refractivity contribution in [1.29, 1.82) is 0 Å². The van der Waals surface area contributed by atoms with Gasteiger partial charge in [-0.3, -0.25) is 9.59 Å². The molecule has 1 aromatic rings. The predicted molar refractivity (Wildman–Crippen MR) is 101 cm³/mol. The van der Waals surface area contributed by atoms with Crippen molar-refractivity contribution in [1.82, 2.24) is 4.90 Å². The number of rotatable bonds is 7. The normalized spacial score (nSPS) is 20.6. The maximum atomic E-state index is 12.5. The van der Waals surface area contributed by atoms with Gasteiger partial charge in [0.15, 0.2) is 0 Å². The third kappa shape index (κ3) is 4.83. The first-order valence-electron chi connectivity index (χ1n) is 9.65. The number of anilines is 1. The van der Waals surface area contributed by atoms with Gasteiger partial charge >= 0.3 is 0 Å². The molecule has 0 spiro atoms. The molecule has 3 rings (SSSR count). The number of amides is 2. The zero-order chi connectivity index (χ0) is 18.4. The van der Waals surface area contributed by atoms with Crippen LogP contribution < -0.4 is 11.1 Å². The number of carbonyl (C=O) groups is 2. The average Bonchev–Trinajstić information content (AvgIpc) is 2.67. The fourth-order valence-electron chi connectivity index (χ4n) is 3.71. The van der Waals surface area contributed by atoms with Gasteiger partial charge in [-0.15, -0.1) is 0 Å². The Kier molecular flexibility index (Phi) is 6.63. The second-order valence-electron chi connectivity index (χ2n) is 7.18. The molecule has 1 saturated heterocycles. The predicted octanol–water partition coefficient (Wildman–Crippen LogP) is 1.93. The summed E-state index contributed by atoms with van der Waals surface area (Å²) in [5.41, 5.74) is 7.53. The zero-order valence-electron chi connectivity index (χ0n) is 15.3. The van der Waals surface area contributed by atoms with Gasteiger partial charge in [0, 0.05) is 37.7 Å². The van der Waals surface area contributed by atoms with Gasteiger partial charge in [0.2, 0.25) is 11.8 Å². The Bertz CT molecular complexity index is 626. The number of para-hydroxylation sites is 1. The summed E-state index contributed by atoms with van der Waals surface area (Å²) in [6, 6.07) is 7.87. The van der Waals surface area contributed by atoms with E-state index in [1.165, 1.54) is 0 Å². The summed E-state index contributed by atoms with van der Waals surface area (Å²) in [5.74, 6) is 0.0616. The molecule has 2 amide bonds. The van der Waals surface area contributed by atoms with Gasteiger partial charge in [-0.05, 0) is 50.3 Å². The van der Waals surface area contributed by atoms with E-state index in [0.717, 1.165) is 43.6 Å². The van der Waals surface area contributed by atoms with Crippen LogP contribution in [0.15, 0.2) is 24.3 Å². The number of nitrogens with two attached hydrogens (primary N) is 1. The molecule has 1 fully saturated rings. The molecular weight excluding hydrogens is 330 g/mol. The number of likely N-dealkylation sites (tertiary alicyclic amines) is 1. The van der Waals surface area contributed by atoms with Crippen LogP contribution in [0.25, 0.3) is 0 Å². The molecular formula is C20H29N3O3. The first-order chi connectivity index (χ1) is 12.7. The Morgan fingerprint density at radius 2 is 2.04 bits per heavy atom. The van der Waals surface area contributed by atoms with E-state index in [-0.39, 0.29) is 23.8 Å². The number of fused-ring (bicyclic) bond motifs is 1. The van der Waals surface area contributed by atoms with Gasteiger partial charge in [-0.2, -0.15) is 0 Å². The minimum Gasteiger partial charge on any atom is -0.378 e. The summed E-state index contributed by atoms with van der Waals surface area (Å²) in [4.78, 5) is 26.7. The Labute approximate surface area is 155 Å². The van der Waals surface area contributed by atoms with E-state index >= 15 is 0 Å². The van der Waals surface area contributed by atoms with Crippen LogP contribution in [0.5, 0.6) is 0 Å². The Balaban J connectivity index is 1.41. The summed E-state index contributed by atoms with van der Waals surface area (Å²) >= 11 is 0. The van der Waals surface area contributed by atoms with Crippen LogP contribution in [-0.2, 0) is 20.7 Å². The van der Waals surface area contributed by atoms with E-state index in [1.54, 1.807) is 0 Å². The van der Waals surface area contributed by atoms with Crippen molar-refractivity contribution in [3.8, 4) is 0 Å². The van der Waals surface area contributed by atoms with Gasteiger partial charge in [-0.25, -0.2) is 0 Å². The molecule has 0 radical (unpaired) electrons. The molecule has 2 heterocycles. The Morgan fingerprint density at radius 1 is 1.27 bits per heavy atom. The summed E-state index contributed by atoms with van der Waals surface area (Å²) < 4.78 is 5.78. The molecule has 6 nitrogen and oxygen atoms in total. The molecule has 0 saturated carbocycles. The van der Waals surface area contributed by atoms with E-state index in [9.17, 15) is 9.59 Å². The molecule has 2 aliphatic heterocycles. The molecule has 3 N–H and O–H groups in total. The standard InChI is InChI=1S/C20H29N3O3/c21-10-3-13-26-17-8-11-23(12-9-17)19(24)7-6-16-14-15-4-1-2-5-18(15)22-20(16)25/h1-2,4-5,16-17H,3,6-14,21H2,(H,22,25). The molecule has 1 unspecified atom stereocenters. The number of piperidine rings is 1. The van der Waals surface area contributed by atoms with Crippen LogP contribution in [0.3, 0.4) is 0 Å². The van der Waals surface area contributed by atoms with E-state index in [0.29, 0.717) is 32.4 Å². The van der Waals surface area contributed by atoms with Crippen LogP contribution in [0, 0.1) is 5.92 Å². The number of carbonyl (C=O) groups excluding carboxylic acids is 2. The molecule has 1 atom stereocenters. The van der Waals surface area contributed by atoms with E-state index in [1.807, 2.05) is 29.2 Å². The topological polar surface area (TPSA) is 84.7 Å². The van der Waals surface area contributed by atoms with Gasteiger partial charge in [0.25, 0.3) is 0 Å². The van der Waals surface area contributed by atoms with Crippen molar-refractivity contribution >= 4 is 17.5 Å². The highest BCUT2D eigenvalue weighted by Crippen LogP contribution is 2.28. The SMILES string of the molecule is NCCCOC1CCN(C(=O)CCC2Cc3ccccc3NC2=O)CC1. The van der Waals surface area contributed by atoms with Crippen molar-refractivity contribution in [2.24, 2.45) is 11.7 Å². The molecule has 1 aromatic carbocycles. The van der Waals surface area contributed by atoms with E-state index in [4.69, 9.17) is 10.5 Å². The lowest BCUT2D eigenvalue weighted by Gasteiger charge is -2.32. The Morgan fingerprint density at radius 3 is 2.81 bits per heavy atom. The number of hydrogen-bond donors (Lipinski definition) is 2. The first-order valence-corrected chi connectivity index (χ1v) is 9.65. The lowest BCUT2D eigenvalue weighted by molar-refractivity contribution is -0.134. The second-order valence-corrected chi connectivity index (χ2v) is 7.18. The Hall–Kier alpha value is -1.92. The van der Waals surface area contributed by atoms with Crippen LogP contribution in [-0.4, -0.2) is 49.1 Å². The summed E-state index contributed by atoms with van der Waals surface area (Å²) in [5, 5.41) is 2.95. The molecule has 26 heavy (non-hydrogen) atoms. The number of hydrogen-bond acceptors (Lipinski definition) is 4. The van der Waals surface area contributed by atoms with E-state index < -0.39 is 0 Å². The minimum absolute atomic E-state index is 0.0310. The number of nitrogens with one attached hydrogen (secondary N) is 1. The quantitative estimate of drug-likeness (QED) is 0.729. The van der Waals surface area contributed by atoms with Crippen molar-refractivity contribution in [3.63, 3.8) is 0 Å². The molecule has 6 heteroatoms. The van der Waals surface area contributed by atoms with Gasteiger partial charge in [0.1, 0.15) is 0 Å². The number of ether oxygens (including phenoxy) is 1. The molecule has 0 bridgehead atoms. The fraction of sp³-hybridized carbons (Fsp3) is 0.600. The summed E-state index contributed by atoms with van der Waals surface area (Å²) in [7, 11) is 0. The highest BCUT2D eigenvalue weighted by atomic mass is 16.5. The number of nitrogens with zero attached hydrogens (tertiary/aromatic N) is 1. The van der Waals surface area contributed by atoms with Crippen LogP contribution >= 0.6 is 0 Å². The number of benzene rings is 1. The van der Waals surface area contributed by atoms with Crippen LogP contribution in [0.1, 0.15) is 37.7 Å². The van der Waals surface area contributed by atoms with Crippen molar-refractivity contribution in [2.45, 2.75) is 44.6 Å². The molecule has 2 aliphatic rings. The van der Waals surface area contributed by atoms with Crippen molar-refractivity contribution in [2.75, 3.05) is 31.6 Å². The zero-order valence-corrected chi connectivity index (χ0v) is 15.3. The molecule has 0 aromatic heterocycles. The fourth-order valence-corrected chi connectivity index (χ4v) is 3.71. The lowest BCUT2D eigenvalue weighted by Crippen LogP contribution is -2.41. The third-order valence-electron chi connectivity index (χ3n) is 5.32. The average molecular weight is 359 g/mol. The second kappa shape index (κ2) is 9.14. The van der Waals surface area contributed by atoms with Gasteiger partial charge in [-0.1, -0.05) is 18.2 Å². The lowest BCUT2D eigenvalue weighted by atomic mass is 9.89. The maximum Gasteiger partial charge on any atom is 0.227 e. The largest absolute Gasteiger partial charge is 0.378 e. The highest BCUT2D eigenvalue weighted by molar-refractivity contribution is 5.96. The van der Waals surface area contributed by atoms with Crippen molar-refractivity contribution in [3.05, 3.63) is 29.8 Å². The highest BCUT2D eigenvalue weighted by Gasteiger charge is 2.28. The monoisotopic (exact) mass is 359 g/mol. The van der Waals surface area contributed by atoms with Crippen LogP contribution in [0.2, 0.25) is 0 Å². The molecule has 142 valence electrons. The van der Waals surface area contributed by atoms with Crippen molar-refractivity contribution < 1.29 is 14.3 Å². The van der Waals surface area contributed by atoms with E-state index in [2.05, 4.69) is 5.32 Å². The van der Waals surface area contributed by atoms with Gasteiger partial charge in [0.05, 0.1) is 6.10 Å². The third-order valence-corrected chi connectivity index (χ3v) is 5.32. The maximum absolute atomic E-state index is 12.5.